The molecule has 1 unspecified atom stereocenters. The van der Waals surface area contributed by atoms with Crippen LogP contribution in [-0.4, -0.2) is 62.5 Å². The second-order valence-corrected chi connectivity index (χ2v) is 9.72. The summed E-state index contributed by atoms with van der Waals surface area (Å²) in [6.07, 6.45) is 7.22. The molecule has 1 fully saturated rings. The summed E-state index contributed by atoms with van der Waals surface area (Å²) >= 11 is 0. The lowest BCUT2D eigenvalue weighted by atomic mass is 9.93. The molecule has 0 bridgehead atoms. The lowest BCUT2D eigenvalue weighted by Gasteiger charge is -2.30. The number of benzene rings is 1. The van der Waals surface area contributed by atoms with Crippen molar-refractivity contribution in [3.05, 3.63) is 71.3 Å². The van der Waals surface area contributed by atoms with Crippen LogP contribution in [0.15, 0.2) is 48.8 Å². The van der Waals surface area contributed by atoms with Crippen LogP contribution in [0.1, 0.15) is 46.6 Å². The number of fused-ring (bicyclic) bond motifs is 1. The molecule has 0 spiro atoms. The summed E-state index contributed by atoms with van der Waals surface area (Å²) in [5.41, 5.74) is 4.81. The summed E-state index contributed by atoms with van der Waals surface area (Å²) in [7, 11) is 1.91. The van der Waals surface area contributed by atoms with Crippen LogP contribution in [0.2, 0.25) is 0 Å². The van der Waals surface area contributed by atoms with Crippen LogP contribution in [0.25, 0.3) is 0 Å². The van der Waals surface area contributed by atoms with Gasteiger partial charge in [-0.3, -0.25) is 19.4 Å². The molecule has 3 aromatic rings. The minimum Gasteiger partial charge on any atom is -0.487 e. The number of aryl methyl sites for hydroxylation is 1. The number of anilines is 1. The first-order chi connectivity index (χ1) is 17.5. The van der Waals surface area contributed by atoms with Crippen molar-refractivity contribution in [1.29, 1.82) is 0 Å². The first-order valence-corrected chi connectivity index (χ1v) is 12.7. The van der Waals surface area contributed by atoms with Gasteiger partial charge in [0.1, 0.15) is 18.1 Å². The summed E-state index contributed by atoms with van der Waals surface area (Å²) in [4.78, 5) is 19.0. The molecule has 3 heterocycles. The summed E-state index contributed by atoms with van der Waals surface area (Å²) in [6.45, 7) is 2.77. The molecule has 3 N–H and O–H groups in total. The van der Waals surface area contributed by atoms with Crippen molar-refractivity contribution in [3.63, 3.8) is 0 Å². The lowest BCUT2D eigenvalue weighted by Crippen LogP contribution is -2.42. The number of hydrogen-bond donors (Lipinski definition) is 3. The van der Waals surface area contributed by atoms with E-state index in [0.717, 1.165) is 49.5 Å². The number of aromatic nitrogens is 3. The predicted molar refractivity (Wildman–Crippen MR) is 137 cm³/mol. The highest BCUT2D eigenvalue weighted by atomic mass is 16.5. The van der Waals surface area contributed by atoms with Gasteiger partial charge in [-0.2, -0.15) is 5.10 Å². The number of carbonyl (C=O) groups excluding carboxylic acids is 1. The zero-order valence-electron chi connectivity index (χ0n) is 20.7. The molecule has 1 saturated carbocycles. The van der Waals surface area contributed by atoms with E-state index >= 15 is 0 Å². The Morgan fingerprint density at radius 3 is 2.86 bits per heavy atom. The molecule has 9 nitrogen and oxygen atoms in total. The Labute approximate surface area is 211 Å². The molecular formula is C27H34N6O3. The van der Waals surface area contributed by atoms with Crippen LogP contribution >= 0.6 is 0 Å². The number of amides is 1. The quantitative estimate of drug-likeness (QED) is 0.401. The van der Waals surface area contributed by atoms with Crippen molar-refractivity contribution in [1.82, 2.24) is 25.0 Å². The second-order valence-electron chi connectivity index (χ2n) is 9.72. The predicted octanol–water partition coefficient (Wildman–Crippen LogP) is 2.51. The highest BCUT2D eigenvalue weighted by Gasteiger charge is 2.21. The van der Waals surface area contributed by atoms with Crippen LogP contribution in [0, 0.1) is 0 Å². The highest BCUT2D eigenvalue weighted by molar-refractivity contribution is 5.93. The molecule has 1 amide bonds. The molecule has 1 aromatic carbocycles. The fourth-order valence-corrected chi connectivity index (χ4v) is 4.63. The van der Waals surface area contributed by atoms with Crippen molar-refractivity contribution in [2.75, 3.05) is 25.0 Å². The maximum Gasteiger partial charge on any atom is 0.270 e. The number of rotatable bonds is 10. The van der Waals surface area contributed by atoms with Gasteiger partial charge in [-0.1, -0.05) is 6.07 Å². The van der Waals surface area contributed by atoms with Gasteiger partial charge in [-0.05, 0) is 67.1 Å². The highest BCUT2D eigenvalue weighted by Crippen LogP contribution is 2.25. The van der Waals surface area contributed by atoms with E-state index < -0.39 is 6.10 Å². The van der Waals surface area contributed by atoms with Gasteiger partial charge in [0.15, 0.2) is 0 Å². The van der Waals surface area contributed by atoms with Crippen molar-refractivity contribution >= 4 is 11.6 Å². The summed E-state index contributed by atoms with van der Waals surface area (Å²) in [5.74, 6) is 0.584. The number of aliphatic hydroxyl groups excluding tert-OH is 1. The Bertz CT molecular complexity index is 1190. The van der Waals surface area contributed by atoms with Crippen LogP contribution in [0.5, 0.6) is 5.75 Å². The van der Waals surface area contributed by atoms with E-state index in [1.54, 1.807) is 18.5 Å². The van der Waals surface area contributed by atoms with Gasteiger partial charge < -0.3 is 20.5 Å². The average Bonchev–Trinajstić information content (AvgIpc) is 3.28. The average molecular weight is 491 g/mol. The molecule has 1 aliphatic heterocycles. The van der Waals surface area contributed by atoms with E-state index in [2.05, 4.69) is 37.7 Å². The fraction of sp³-hybridized carbons (Fsp3) is 0.444. The monoisotopic (exact) mass is 490 g/mol. The fourth-order valence-electron chi connectivity index (χ4n) is 4.63. The second kappa shape index (κ2) is 11.1. The number of nitrogens with zero attached hydrogens (tertiary/aromatic N) is 4. The molecule has 36 heavy (non-hydrogen) atoms. The number of β-amino-alcohol motifs (C(OH)–C–C–N with tert-alkyl or cyclic N) is 1. The van der Waals surface area contributed by atoms with E-state index in [0.29, 0.717) is 24.9 Å². The van der Waals surface area contributed by atoms with Crippen molar-refractivity contribution < 1.29 is 14.6 Å². The molecular weight excluding hydrogens is 456 g/mol. The normalized spacial score (nSPS) is 16.6. The van der Waals surface area contributed by atoms with Gasteiger partial charge in [-0.15, -0.1) is 0 Å². The summed E-state index contributed by atoms with van der Waals surface area (Å²) < 4.78 is 7.76. The van der Waals surface area contributed by atoms with E-state index in [-0.39, 0.29) is 12.5 Å². The maximum atomic E-state index is 12.6. The smallest absolute Gasteiger partial charge is 0.270 e. The molecule has 2 aliphatic rings. The molecule has 5 rings (SSSR count). The van der Waals surface area contributed by atoms with Gasteiger partial charge in [-0.25, -0.2) is 0 Å². The zero-order chi connectivity index (χ0) is 24.9. The molecule has 0 saturated heterocycles. The molecule has 0 radical (unpaired) electrons. The lowest BCUT2D eigenvalue weighted by molar-refractivity contribution is 0.0838. The third-order valence-corrected chi connectivity index (χ3v) is 7.01. The third-order valence-electron chi connectivity index (χ3n) is 7.01. The van der Waals surface area contributed by atoms with Crippen molar-refractivity contribution in [2.24, 2.45) is 7.05 Å². The van der Waals surface area contributed by atoms with E-state index in [4.69, 9.17) is 4.74 Å². The molecule has 1 atom stereocenters. The first kappa shape index (κ1) is 24.3. The molecule has 1 aliphatic carbocycles. The van der Waals surface area contributed by atoms with E-state index in [1.165, 1.54) is 17.5 Å². The Morgan fingerprint density at radius 1 is 1.19 bits per heavy atom. The van der Waals surface area contributed by atoms with Gasteiger partial charge in [0.05, 0.1) is 11.8 Å². The minimum atomic E-state index is -0.659. The Kier molecular flexibility index (Phi) is 7.48. The number of nitrogens with one attached hydrogen (secondary N) is 2. The van der Waals surface area contributed by atoms with Crippen molar-refractivity contribution in [2.45, 2.75) is 51.0 Å². The SMILES string of the molecule is Cn1nccc1COc1ccc2c(c1)CCN(CC(O)CNC(=O)c1cc(NC3CCC3)ccn1)C2. The topological polar surface area (TPSA) is 105 Å². The molecule has 190 valence electrons. The largest absolute Gasteiger partial charge is 0.487 e. The zero-order valence-corrected chi connectivity index (χ0v) is 20.7. The van der Waals surface area contributed by atoms with Gasteiger partial charge in [0.25, 0.3) is 5.91 Å². The van der Waals surface area contributed by atoms with Gasteiger partial charge in [0, 0.05) is 57.3 Å². The Morgan fingerprint density at radius 2 is 2.08 bits per heavy atom. The van der Waals surface area contributed by atoms with Crippen LogP contribution in [0.3, 0.4) is 0 Å². The maximum absolute atomic E-state index is 12.6. The Hall–Kier alpha value is -3.43. The molecule has 9 heteroatoms. The van der Waals surface area contributed by atoms with Crippen LogP contribution in [0.4, 0.5) is 5.69 Å². The standard InChI is InChI=1S/C27H34N6O3/c1-32-23(8-11-30-32)18-36-25-6-5-20-16-33(12-9-19(20)13-25)17-24(34)15-29-27(35)26-14-22(7-10-28-26)31-21-3-2-4-21/h5-8,10-11,13-14,21,24,34H,2-4,9,12,15-18H2,1H3,(H,28,31)(H,29,35). The number of pyridine rings is 1. The van der Waals surface area contributed by atoms with Crippen LogP contribution in [-0.2, 0) is 26.6 Å². The number of hydrogen-bond acceptors (Lipinski definition) is 7. The van der Waals surface area contributed by atoms with Crippen LogP contribution < -0.4 is 15.4 Å². The van der Waals surface area contributed by atoms with E-state index in [1.807, 2.05) is 29.9 Å². The first-order valence-electron chi connectivity index (χ1n) is 12.7. The number of aliphatic hydroxyl groups is 1. The minimum absolute atomic E-state index is 0.185. The number of carbonyl (C=O) groups is 1. The summed E-state index contributed by atoms with van der Waals surface area (Å²) in [5, 5.41) is 21.0. The summed E-state index contributed by atoms with van der Waals surface area (Å²) in [6, 6.07) is 12.3. The Balaban J connectivity index is 1.07. The number of ether oxygens (including phenoxy) is 1. The van der Waals surface area contributed by atoms with E-state index in [9.17, 15) is 9.90 Å². The third kappa shape index (κ3) is 6.03. The van der Waals surface area contributed by atoms with Gasteiger partial charge in [0.2, 0.25) is 0 Å². The molecule has 2 aromatic heterocycles. The van der Waals surface area contributed by atoms with Crippen molar-refractivity contribution in [3.8, 4) is 5.75 Å². The van der Waals surface area contributed by atoms with Gasteiger partial charge >= 0.3 is 0 Å².